The first-order valence-electron chi connectivity index (χ1n) is 8.30. The molecule has 0 saturated heterocycles. The second-order valence-corrected chi connectivity index (χ2v) is 7.65. The molecule has 0 bridgehead atoms. The van der Waals surface area contributed by atoms with Crippen molar-refractivity contribution in [3.05, 3.63) is 39.4 Å². The normalized spacial score (nSPS) is 10.7. The number of rotatable bonds is 6. The van der Waals surface area contributed by atoms with Gasteiger partial charge in [0.05, 0.1) is 28.4 Å². The maximum absolute atomic E-state index is 5.48. The molecule has 1 aromatic heterocycles. The minimum atomic E-state index is 0.628. The highest BCUT2D eigenvalue weighted by atomic mass is 79.9. The zero-order valence-corrected chi connectivity index (χ0v) is 19.3. The van der Waals surface area contributed by atoms with Crippen LogP contribution in [-0.2, 0) is 7.05 Å². The van der Waals surface area contributed by atoms with Gasteiger partial charge in [-0.25, -0.2) is 0 Å². The zero-order valence-electron chi connectivity index (χ0n) is 16.2. The van der Waals surface area contributed by atoms with Crippen molar-refractivity contribution in [1.29, 1.82) is 0 Å². The smallest absolute Gasteiger partial charge is 0.161 e. The van der Waals surface area contributed by atoms with Crippen LogP contribution in [0.1, 0.15) is 0 Å². The van der Waals surface area contributed by atoms with Gasteiger partial charge < -0.3 is 18.9 Å². The van der Waals surface area contributed by atoms with E-state index in [0.29, 0.717) is 23.0 Å². The van der Waals surface area contributed by atoms with Crippen molar-refractivity contribution in [1.82, 2.24) is 9.78 Å². The maximum Gasteiger partial charge on any atom is 0.161 e. The molecule has 2 aromatic carbocycles. The molecule has 0 unspecified atom stereocenters. The van der Waals surface area contributed by atoms with Gasteiger partial charge in [-0.2, -0.15) is 5.10 Å². The van der Waals surface area contributed by atoms with Crippen LogP contribution in [0.25, 0.3) is 22.4 Å². The van der Waals surface area contributed by atoms with Crippen LogP contribution >= 0.6 is 31.9 Å². The Hall–Kier alpha value is -2.19. The second kappa shape index (κ2) is 8.45. The van der Waals surface area contributed by atoms with Crippen molar-refractivity contribution >= 4 is 31.9 Å². The molecule has 1 heterocycles. The minimum Gasteiger partial charge on any atom is -0.493 e. The first-order valence-corrected chi connectivity index (χ1v) is 9.89. The third-order valence-electron chi connectivity index (χ3n) is 4.32. The highest BCUT2D eigenvalue weighted by Gasteiger charge is 2.21. The highest BCUT2D eigenvalue weighted by Crippen LogP contribution is 2.45. The van der Waals surface area contributed by atoms with Crippen molar-refractivity contribution in [3.8, 4) is 45.4 Å². The van der Waals surface area contributed by atoms with Gasteiger partial charge in [-0.3, -0.25) is 4.68 Å². The molecular formula is C20H20Br2N2O4. The van der Waals surface area contributed by atoms with Gasteiger partial charge in [0.15, 0.2) is 23.0 Å². The number of aryl methyl sites for hydroxylation is 1. The summed E-state index contributed by atoms with van der Waals surface area (Å²) >= 11 is 7.28. The molecule has 0 atom stereocenters. The van der Waals surface area contributed by atoms with E-state index < -0.39 is 0 Å². The average molecular weight is 512 g/mol. The molecular weight excluding hydrogens is 492 g/mol. The van der Waals surface area contributed by atoms with Crippen LogP contribution in [0.15, 0.2) is 39.4 Å². The van der Waals surface area contributed by atoms with Crippen molar-refractivity contribution in [3.63, 3.8) is 0 Å². The molecule has 0 fully saturated rings. The standard InChI is InChI=1S/C20H20Br2N2O4/c1-24-10-13(11-6-16(25-2)18(27-4)8-14(11)21)20(23-24)12-7-17(26-3)19(28-5)9-15(12)22/h6-10H,1-5H3. The summed E-state index contributed by atoms with van der Waals surface area (Å²) in [6, 6.07) is 7.59. The van der Waals surface area contributed by atoms with Crippen LogP contribution in [0, 0.1) is 0 Å². The largest absolute Gasteiger partial charge is 0.493 e. The summed E-state index contributed by atoms with van der Waals surface area (Å²) in [7, 11) is 8.33. The lowest BCUT2D eigenvalue weighted by Gasteiger charge is -2.14. The monoisotopic (exact) mass is 510 g/mol. The fraction of sp³-hybridized carbons (Fsp3) is 0.250. The Bertz CT molecular complexity index is 939. The molecule has 0 aliphatic rings. The highest BCUT2D eigenvalue weighted by molar-refractivity contribution is 9.11. The SMILES string of the molecule is COc1cc(Br)c(-c2cn(C)nc2-c2cc(OC)c(OC)cc2Br)cc1OC. The van der Waals surface area contributed by atoms with Gasteiger partial charge in [-0.1, -0.05) is 15.9 Å². The summed E-state index contributed by atoms with van der Waals surface area (Å²) in [5, 5.41) is 4.69. The molecule has 0 spiro atoms. The molecule has 8 heteroatoms. The number of methoxy groups -OCH3 is 4. The first-order chi connectivity index (χ1) is 13.4. The van der Waals surface area contributed by atoms with Gasteiger partial charge in [-0.05, 0) is 40.2 Å². The number of benzene rings is 2. The molecule has 0 amide bonds. The number of halogens is 2. The topological polar surface area (TPSA) is 54.7 Å². The van der Waals surface area contributed by atoms with Crippen molar-refractivity contribution in [2.45, 2.75) is 0 Å². The van der Waals surface area contributed by atoms with E-state index in [1.165, 1.54) is 0 Å². The Morgan fingerprint density at radius 2 is 1.11 bits per heavy atom. The summed E-state index contributed by atoms with van der Waals surface area (Å²) in [4.78, 5) is 0. The van der Waals surface area contributed by atoms with E-state index in [4.69, 9.17) is 18.9 Å². The number of ether oxygens (including phenoxy) is 4. The first kappa shape index (κ1) is 20.5. The molecule has 3 rings (SSSR count). The van der Waals surface area contributed by atoms with E-state index in [1.54, 1.807) is 33.1 Å². The molecule has 0 aliphatic carbocycles. The maximum atomic E-state index is 5.48. The van der Waals surface area contributed by atoms with Gasteiger partial charge >= 0.3 is 0 Å². The van der Waals surface area contributed by atoms with E-state index in [0.717, 1.165) is 31.3 Å². The Morgan fingerprint density at radius 3 is 1.61 bits per heavy atom. The summed E-state index contributed by atoms with van der Waals surface area (Å²) in [5.41, 5.74) is 3.55. The zero-order chi connectivity index (χ0) is 20.4. The number of aromatic nitrogens is 2. The fourth-order valence-corrected chi connectivity index (χ4v) is 4.03. The second-order valence-electron chi connectivity index (χ2n) is 5.94. The molecule has 0 radical (unpaired) electrons. The quantitative estimate of drug-likeness (QED) is 0.448. The molecule has 0 saturated carbocycles. The van der Waals surface area contributed by atoms with Crippen molar-refractivity contribution in [2.24, 2.45) is 7.05 Å². The number of hydrogen-bond acceptors (Lipinski definition) is 5. The van der Waals surface area contributed by atoms with Gasteiger partial charge in [0.2, 0.25) is 0 Å². The molecule has 6 nitrogen and oxygen atoms in total. The van der Waals surface area contributed by atoms with Gasteiger partial charge in [0, 0.05) is 38.9 Å². The van der Waals surface area contributed by atoms with Crippen LogP contribution < -0.4 is 18.9 Å². The lowest BCUT2D eigenvalue weighted by atomic mass is 10.0. The minimum absolute atomic E-state index is 0.628. The van der Waals surface area contributed by atoms with Gasteiger partial charge in [0.25, 0.3) is 0 Å². The van der Waals surface area contributed by atoms with Crippen LogP contribution in [0.3, 0.4) is 0 Å². The molecule has 0 aliphatic heterocycles. The predicted octanol–water partition coefficient (Wildman–Crippen LogP) is 5.31. The van der Waals surface area contributed by atoms with Crippen molar-refractivity contribution in [2.75, 3.05) is 28.4 Å². The van der Waals surface area contributed by atoms with E-state index in [9.17, 15) is 0 Å². The van der Waals surface area contributed by atoms with Gasteiger partial charge in [-0.15, -0.1) is 0 Å². The third kappa shape index (κ3) is 3.71. The van der Waals surface area contributed by atoms with E-state index in [1.807, 2.05) is 37.5 Å². The van der Waals surface area contributed by atoms with E-state index in [-0.39, 0.29) is 0 Å². The van der Waals surface area contributed by atoms with E-state index >= 15 is 0 Å². The Morgan fingerprint density at radius 1 is 0.679 bits per heavy atom. The Balaban J connectivity index is 2.24. The number of hydrogen-bond donors (Lipinski definition) is 0. The van der Waals surface area contributed by atoms with Crippen LogP contribution in [0.5, 0.6) is 23.0 Å². The lowest BCUT2D eigenvalue weighted by Crippen LogP contribution is -1.94. The Labute approximate surface area is 180 Å². The molecule has 148 valence electrons. The summed E-state index contributed by atoms with van der Waals surface area (Å²) in [6.07, 6.45) is 1.96. The van der Waals surface area contributed by atoms with Crippen molar-refractivity contribution < 1.29 is 18.9 Å². The average Bonchev–Trinajstić information content (AvgIpc) is 3.08. The predicted molar refractivity (Wildman–Crippen MR) is 116 cm³/mol. The van der Waals surface area contributed by atoms with Gasteiger partial charge in [0.1, 0.15) is 5.69 Å². The molecule has 0 N–H and O–H groups in total. The Kier molecular flexibility index (Phi) is 6.20. The molecule has 3 aromatic rings. The van der Waals surface area contributed by atoms with Crippen LogP contribution in [0.2, 0.25) is 0 Å². The third-order valence-corrected chi connectivity index (χ3v) is 5.63. The van der Waals surface area contributed by atoms with E-state index in [2.05, 4.69) is 37.0 Å². The molecule has 28 heavy (non-hydrogen) atoms. The number of nitrogens with zero attached hydrogens (tertiary/aromatic N) is 2. The van der Waals surface area contributed by atoms with Crippen LogP contribution in [0.4, 0.5) is 0 Å². The fourth-order valence-electron chi connectivity index (χ4n) is 2.98. The lowest BCUT2D eigenvalue weighted by molar-refractivity contribution is 0.355. The summed E-state index contributed by atoms with van der Waals surface area (Å²) in [5.74, 6) is 2.56. The van der Waals surface area contributed by atoms with Crippen LogP contribution in [-0.4, -0.2) is 38.2 Å². The summed E-state index contributed by atoms with van der Waals surface area (Å²) < 4.78 is 25.2. The summed E-state index contributed by atoms with van der Waals surface area (Å²) in [6.45, 7) is 0.